The highest BCUT2D eigenvalue weighted by Gasteiger charge is 2.23. The van der Waals surface area contributed by atoms with Gasteiger partial charge in [-0.25, -0.2) is 0 Å². The van der Waals surface area contributed by atoms with Gasteiger partial charge in [0.25, 0.3) is 0 Å². The highest BCUT2D eigenvalue weighted by Crippen LogP contribution is 2.09. The fraction of sp³-hybridized carbons (Fsp3) is 1.00. The summed E-state index contributed by atoms with van der Waals surface area (Å²) in [5, 5.41) is 0. The molecule has 1 heterocycles. The second-order valence-electron chi connectivity index (χ2n) is 3.33. The molecule has 0 amide bonds. The average Bonchev–Trinajstić information content (AvgIpc) is 2.48. The Morgan fingerprint density at radius 1 is 1.15 bits per heavy atom. The van der Waals surface area contributed by atoms with Crippen molar-refractivity contribution in [3.8, 4) is 0 Å². The molecule has 0 N–H and O–H groups in total. The van der Waals surface area contributed by atoms with Crippen molar-refractivity contribution >= 4 is 6.98 Å². The van der Waals surface area contributed by atoms with Gasteiger partial charge in [0.05, 0.1) is 6.61 Å². The van der Waals surface area contributed by atoms with Crippen LogP contribution >= 0.6 is 0 Å². The molecule has 1 rings (SSSR count). The molecule has 1 aliphatic rings. The summed E-state index contributed by atoms with van der Waals surface area (Å²) in [7, 11) is 0. The summed E-state index contributed by atoms with van der Waals surface area (Å²) in [6.45, 7) is -3.00. The van der Waals surface area contributed by atoms with E-state index in [0.717, 1.165) is 25.9 Å². The van der Waals surface area contributed by atoms with Gasteiger partial charge in [0.15, 0.2) is 0 Å². The molecule has 0 aromatic heterocycles. The first-order chi connectivity index (χ1) is 6.08. The van der Waals surface area contributed by atoms with Crippen molar-refractivity contribution in [2.75, 3.05) is 32.7 Å². The Balaban J connectivity index is 1.94. The number of likely N-dealkylation sites (tertiary alicyclic amines) is 1. The number of hydrogen-bond donors (Lipinski definition) is 0. The number of nitrogens with zero attached hydrogens (tertiary/aromatic N) is 1. The monoisotopic (exact) mass is 196 g/mol. The first kappa shape index (κ1) is 10.9. The van der Waals surface area contributed by atoms with Crippen LogP contribution in [-0.4, -0.2) is 44.6 Å². The van der Waals surface area contributed by atoms with Crippen molar-refractivity contribution in [2.24, 2.45) is 0 Å². The van der Waals surface area contributed by atoms with Crippen LogP contribution in [0.25, 0.3) is 0 Å². The Hall–Kier alpha value is -0.225. The molecule has 1 fully saturated rings. The van der Waals surface area contributed by atoms with Crippen LogP contribution in [0, 0.1) is 0 Å². The number of halogens is 3. The number of hydrogen-bond acceptors (Lipinski definition) is 2. The van der Waals surface area contributed by atoms with E-state index in [1.807, 2.05) is 0 Å². The Morgan fingerprint density at radius 2 is 1.77 bits per heavy atom. The van der Waals surface area contributed by atoms with Crippen LogP contribution in [0.1, 0.15) is 12.8 Å². The SMILES string of the molecule is F[B-](F)(F)COCCN1CCCC1. The van der Waals surface area contributed by atoms with Gasteiger partial charge in [-0.05, 0) is 25.9 Å². The van der Waals surface area contributed by atoms with E-state index >= 15 is 0 Å². The first-order valence-corrected chi connectivity index (χ1v) is 4.59. The Morgan fingerprint density at radius 3 is 2.31 bits per heavy atom. The van der Waals surface area contributed by atoms with Crippen molar-refractivity contribution in [1.29, 1.82) is 0 Å². The number of ether oxygens (including phenoxy) is 1. The minimum Gasteiger partial charge on any atom is -0.447 e. The van der Waals surface area contributed by atoms with E-state index in [-0.39, 0.29) is 6.61 Å². The Bertz CT molecular complexity index is 147. The number of rotatable bonds is 5. The van der Waals surface area contributed by atoms with Crippen molar-refractivity contribution in [2.45, 2.75) is 12.8 Å². The van der Waals surface area contributed by atoms with Crippen molar-refractivity contribution in [3.05, 3.63) is 0 Å². The topological polar surface area (TPSA) is 12.5 Å². The van der Waals surface area contributed by atoms with E-state index in [9.17, 15) is 12.9 Å². The molecule has 0 saturated carbocycles. The zero-order chi connectivity index (χ0) is 9.73. The maximum Gasteiger partial charge on any atom is 0.503 e. The molecule has 13 heavy (non-hydrogen) atoms. The lowest BCUT2D eigenvalue weighted by Crippen LogP contribution is -2.29. The maximum absolute atomic E-state index is 11.7. The van der Waals surface area contributed by atoms with Gasteiger partial charge in [-0.15, -0.1) is 0 Å². The van der Waals surface area contributed by atoms with Crippen LogP contribution < -0.4 is 0 Å². The minimum absolute atomic E-state index is 0.196. The van der Waals surface area contributed by atoms with E-state index in [1.165, 1.54) is 0 Å². The molecule has 6 heteroatoms. The maximum atomic E-state index is 11.7. The molecular weight excluding hydrogens is 182 g/mol. The molecule has 0 unspecified atom stereocenters. The lowest BCUT2D eigenvalue weighted by Gasteiger charge is -2.17. The second kappa shape index (κ2) is 4.86. The standard InChI is InChI=1S/C7H14BF3NO/c9-8(10,11)7-13-6-5-12-3-1-2-4-12/h1-7H2/q-1. The van der Waals surface area contributed by atoms with Crippen molar-refractivity contribution < 1.29 is 17.7 Å². The molecular formula is C7H14BF3NO-. The molecule has 0 spiro atoms. The van der Waals surface area contributed by atoms with Gasteiger partial charge in [-0.3, -0.25) is 0 Å². The normalized spacial score (nSPS) is 19.6. The molecule has 0 bridgehead atoms. The highest BCUT2D eigenvalue weighted by molar-refractivity contribution is 6.58. The summed E-state index contributed by atoms with van der Waals surface area (Å²) in [4.78, 5) is 2.13. The molecule has 1 aliphatic heterocycles. The van der Waals surface area contributed by atoms with E-state index < -0.39 is 13.5 Å². The molecule has 78 valence electrons. The van der Waals surface area contributed by atoms with Gasteiger partial charge in [0.2, 0.25) is 0 Å². The second-order valence-corrected chi connectivity index (χ2v) is 3.33. The molecule has 2 nitrogen and oxygen atoms in total. The highest BCUT2D eigenvalue weighted by atomic mass is 19.4. The largest absolute Gasteiger partial charge is 0.503 e. The molecule has 0 aromatic rings. The minimum atomic E-state index is -4.77. The zero-order valence-corrected chi connectivity index (χ0v) is 7.52. The van der Waals surface area contributed by atoms with E-state index in [1.54, 1.807) is 0 Å². The van der Waals surface area contributed by atoms with Crippen LogP contribution in [-0.2, 0) is 4.74 Å². The predicted molar refractivity (Wildman–Crippen MR) is 45.6 cm³/mol. The van der Waals surface area contributed by atoms with Crippen LogP contribution in [0.4, 0.5) is 12.9 Å². The summed E-state index contributed by atoms with van der Waals surface area (Å²) < 4.78 is 39.6. The average molecular weight is 196 g/mol. The van der Waals surface area contributed by atoms with Crippen LogP contribution in [0.2, 0.25) is 0 Å². The summed E-state index contributed by atoms with van der Waals surface area (Å²) >= 11 is 0. The van der Waals surface area contributed by atoms with Gasteiger partial charge in [-0.2, -0.15) is 0 Å². The smallest absolute Gasteiger partial charge is 0.447 e. The quantitative estimate of drug-likeness (QED) is 0.487. The molecule has 0 aromatic carbocycles. The fourth-order valence-electron chi connectivity index (χ4n) is 1.42. The van der Waals surface area contributed by atoms with Gasteiger partial charge in [-0.1, -0.05) is 0 Å². The summed E-state index contributed by atoms with van der Waals surface area (Å²) in [5.74, 6) is 0. The third-order valence-corrected chi connectivity index (χ3v) is 2.06. The third kappa shape index (κ3) is 5.15. The Kier molecular flexibility index (Phi) is 4.06. The van der Waals surface area contributed by atoms with E-state index in [2.05, 4.69) is 9.64 Å². The fourth-order valence-corrected chi connectivity index (χ4v) is 1.42. The van der Waals surface area contributed by atoms with E-state index in [4.69, 9.17) is 0 Å². The van der Waals surface area contributed by atoms with Gasteiger partial charge in [0.1, 0.15) is 0 Å². The lowest BCUT2D eigenvalue weighted by atomic mass is 9.95. The van der Waals surface area contributed by atoms with Crippen LogP contribution in [0.3, 0.4) is 0 Å². The van der Waals surface area contributed by atoms with E-state index in [0.29, 0.717) is 6.54 Å². The Labute approximate surface area is 76.1 Å². The van der Waals surface area contributed by atoms with Gasteiger partial charge < -0.3 is 22.6 Å². The van der Waals surface area contributed by atoms with Crippen LogP contribution in [0.15, 0.2) is 0 Å². The molecule has 0 radical (unpaired) electrons. The third-order valence-electron chi connectivity index (χ3n) is 2.06. The predicted octanol–water partition coefficient (Wildman–Crippen LogP) is 1.49. The first-order valence-electron chi connectivity index (χ1n) is 4.59. The van der Waals surface area contributed by atoms with Crippen molar-refractivity contribution in [3.63, 3.8) is 0 Å². The zero-order valence-electron chi connectivity index (χ0n) is 7.52. The summed E-state index contributed by atoms with van der Waals surface area (Å²) in [6, 6.07) is 0. The lowest BCUT2D eigenvalue weighted by molar-refractivity contribution is 0.125. The van der Waals surface area contributed by atoms with Gasteiger partial charge >= 0.3 is 6.98 Å². The van der Waals surface area contributed by atoms with Gasteiger partial charge in [0, 0.05) is 13.1 Å². The van der Waals surface area contributed by atoms with Crippen LogP contribution in [0.5, 0.6) is 0 Å². The molecule has 1 saturated heterocycles. The molecule has 0 atom stereocenters. The van der Waals surface area contributed by atoms with Crippen molar-refractivity contribution in [1.82, 2.24) is 4.90 Å². The molecule has 0 aliphatic carbocycles. The summed E-state index contributed by atoms with van der Waals surface area (Å²) in [6.07, 6.45) is 2.31. The summed E-state index contributed by atoms with van der Waals surface area (Å²) in [5.41, 5.74) is 0.